The zero-order valence-corrected chi connectivity index (χ0v) is 30.0. The maximum absolute atomic E-state index is 5.28. The van der Waals surface area contributed by atoms with Crippen molar-refractivity contribution in [3.63, 3.8) is 0 Å². The van der Waals surface area contributed by atoms with Crippen molar-refractivity contribution in [1.29, 1.82) is 0 Å². The average molecular weight is 703 g/mol. The van der Waals surface area contributed by atoms with E-state index in [1.807, 2.05) is 36.4 Å². The van der Waals surface area contributed by atoms with Crippen molar-refractivity contribution in [2.45, 2.75) is 12.8 Å². The Balaban J connectivity index is 1.18. The molecule has 0 atom stereocenters. The first-order valence-corrected chi connectivity index (χ1v) is 18.9. The Hall–Kier alpha value is -7.17. The van der Waals surface area contributed by atoms with Gasteiger partial charge in [-0.2, -0.15) is 0 Å². The molecule has 10 aromatic rings. The van der Waals surface area contributed by atoms with Crippen molar-refractivity contribution in [3.05, 3.63) is 187 Å². The zero-order chi connectivity index (χ0) is 36.3. The van der Waals surface area contributed by atoms with E-state index in [-0.39, 0.29) is 0 Å². The number of aromatic nitrogens is 4. The standard InChI is InChI=1S/C51H34N4/c1-3-16-35(17-4-1)49-52-50(36-18-5-2-6-19-36)54-51(53-49)47-43-25-12-10-22-40(43)39-21-9-11-24-42(39)46(47)34-27-30-37(31-28-34)55-45-26-14-13-23-41(45)44-32-29-33-15-7-8-20-38(33)48(44)55/h1-13,15-25,27-32H,14,26H2. The van der Waals surface area contributed by atoms with Crippen LogP contribution in [0.5, 0.6) is 0 Å². The van der Waals surface area contributed by atoms with E-state index in [4.69, 9.17) is 15.0 Å². The Kier molecular flexibility index (Phi) is 7.27. The predicted molar refractivity (Wildman–Crippen MR) is 228 cm³/mol. The molecule has 0 N–H and O–H groups in total. The van der Waals surface area contributed by atoms with Gasteiger partial charge >= 0.3 is 0 Å². The normalized spacial score (nSPS) is 12.5. The van der Waals surface area contributed by atoms with Gasteiger partial charge in [0.15, 0.2) is 17.5 Å². The Morgan fingerprint density at radius 3 is 1.60 bits per heavy atom. The molecule has 0 spiro atoms. The monoisotopic (exact) mass is 702 g/mol. The summed E-state index contributed by atoms with van der Waals surface area (Å²) in [5.74, 6) is 1.94. The Morgan fingerprint density at radius 1 is 0.400 bits per heavy atom. The van der Waals surface area contributed by atoms with E-state index in [0.29, 0.717) is 17.5 Å². The van der Waals surface area contributed by atoms with Gasteiger partial charge in [0.25, 0.3) is 0 Å². The van der Waals surface area contributed by atoms with Crippen molar-refractivity contribution in [3.8, 4) is 51.0 Å². The predicted octanol–water partition coefficient (Wildman–Crippen LogP) is 12.9. The average Bonchev–Trinajstić information content (AvgIpc) is 3.61. The first-order valence-electron chi connectivity index (χ1n) is 18.9. The topological polar surface area (TPSA) is 43.6 Å². The molecule has 0 unspecified atom stereocenters. The highest BCUT2D eigenvalue weighted by molar-refractivity contribution is 6.21. The van der Waals surface area contributed by atoms with Crippen LogP contribution in [0, 0.1) is 0 Å². The molecular weight excluding hydrogens is 669 g/mol. The lowest BCUT2D eigenvalue weighted by Gasteiger charge is -2.19. The van der Waals surface area contributed by atoms with Crippen molar-refractivity contribution in [2.75, 3.05) is 0 Å². The van der Waals surface area contributed by atoms with Gasteiger partial charge in [-0.25, -0.2) is 15.0 Å². The fraction of sp³-hybridized carbons (Fsp3) is 0.0392. The second kappa shape index (κ2) is 12.8. The highest BCUT2D eigenvalue weighted by atomic mass is 15.0. The SMILES string of the molecule is C1=Cc2c(n(-c3ccc(-c4c(-c5nc(-c6ccccc6)nc(-c6ccccc6)n5)c5ccccc5c5ccccc45)cc3)c3c2ccc2ccccc23)CC1. The van der Waals surface area contributed by atoms with Gasteiger partial charge in [0, 0.05) is 50.0 Å². The fourth-order valence-corrected chi connectivity index (χ4v) is 8.63. The van der Waals surface area contributed by atoms with Gasteiger partial charge in [0.1, 0.15) is 0 Å². The van der Waals surface area contributed by atoms with Crippen LogP contribution in [0.4, 0.5) is 0 Å². The van der Waals surface area contributed by atoms with Gasteiger partial charge in [-0.3, -0.25) is 0 Å². The van der Waals surface area contributed by atoms with Gasteiger partial charge in [-0.15, -0.1) is 0 Å². The van der Waals surface area contributed by atoms with Crippen LogP contribution < -0.4 is 0 Å². The number of allylic oxidation sites excluding steroid dienone is 1. The van der Waals surface area contributed by atoms with Crippen LogP contribution in [-0.4, -0.2) is 19.5 Å². The second-order valence-electron chi connectivity index (χ2n) is 14.2. The summed E-state index contributed by atoms with van der Waals surface area (Å²) in [6.07, 6.45) is 6.66. The second-order valence-corrected chi connectivity index (χ2v) is 14.2. The van der Waals surface area contributed by atoms with Crippen molar-refractivity contribution >= 4 is 49.3 Å². The van der Waals surface area contributed by atoms with Gasteiger partial charge in [0.05, 0.1) is 5.52 Å². The summed E-state index contributed by atoms with van der Waals surface area (Å²) in [5.41, 5.74) is 10.2. The lowest BCUT2D eigenvalue weighted by Crippen LogP contribution is -2.04. The van der Waals surface area contributed by atoms with E-state index < -0.39 is 0 Å². The lowest BCUT2D eigenvalue weighted by atomic mass is 9.87. The molecule has 0 radical (unpaired) electrons. The smallest absolute Gasteiger partial charge is 0.165 e. The molecule has 0 bridgehead atoms. The zero-order valence-electron chi connectivity index (χ0n) is 30.0. The van der Waals surface area contributed by atoms with Crippen LogP contribution in [0.15, 0.2) is 176 Å². The van der Waals surface area contributed by atoms with Gasteiger partial charge in [-0.05, 0) is 57.5 Å². The first-order chi connectivity index (χ1) is 27.3. The number of benzene rings is 8. The highest BCUT2D eigenvalue weighted by Crippen LogP contribution is 2.45. The molecule has 11 rings (SSSR count). The van der Waals surface area contributed by atoms with Crippen LogP contribution in [-0.2, 0) is 6.42 Å². The van der Waals surface area contributed by atoms with Crippen LogP contribution in [0.1, 0.15) is 17.7 Å². The van der Waals surface area contributed by atoms with Crippen LogP contribution in [0.3, 0.4) is 0 Å². The molecule has 1 aliphatic rings. The molecule has 0 saturated heterocycles. The summed E-state index contributed by atoms with van der Waals surface area (Å²) in [6, 6.07) is 60.3. The quantitative estimate of drug-likeness (QED) is 0.168. The van der Waals surface area contributed by atoms with Crippen LogP contribution >= 0.6 is 0 Å². The summed E-state index contributed by atoms with van der Waals surface area (Å²) in [5, 5.41) is 8.45. The largest absolute Gasteiger partial charge is 0.312 e. The molecule has 4 heteroatoms. The van der Waals surface area contributed by atoms with Gasteiger partial charge < -0.3 is 4.57 Å². The molecule has 2 aromatic heterocycles. The molecule has 258 valence electrons. The third-order valence-electron chi connectivity index (χ3n) is 11.1. The van der Waals surface area contributed by atoms with E-state index in [1.54, 1.807) is 0 Å². The van der Waals surface area contributed by atoms with Crippen molar-refractivity contribution in [2.24, 2.45) is 0 Å². The minimum atomic E-state index is 0.647. The fourth-order valence-electron chi connectivity index (χ4n) is 8.63. The van der Waals surface area contributed by atoms with E-state index in [1.165, 1.54) is 43.7 Å². The minimum absolute atomic E-state index is 0.647. The highest BCUT2D eigenvalue weighted by Gasteiger charge is 2.23. The summed E-state index contributed by atoms with van der Waals surface area (Å²) in [6.45, 7) is 0. The van der Waals surface area contributed by atoms with Gasteiger partial charge in [-0.1, -0.05) is 170 Å². The lowest BCUT2D eigenvalue weighted by molar-refractivity contribution is 0.890. The molecule has 8 aromatic carbocycles. The van der Waals surface area contributed by atoms with E-state index >= 15 is 0 Å². The summed E-state index contributed by atoms with van der Waals surface area (Å²) in [7, 11) is 0. The molecule has 1 aliphatic carbocycles. The van der Waals surface area contributed by atoms with Crippen molar-refractivity contribution < 1.29 is 0 Å². The number of hydrogen-bond acceptors (Lipinski definition) is 3. The van der Waals surface area contributed by atoms with Crippen molar-refractivity contribution in [1.82, 2.24) is 19.5 Å². The number of nitrogens with zero attached hydrogens (tertiary/aromatic N) is 4. The first kappa shape index (κ1) is 31.4. The third-order valence-corrected chi connectivity index (χ3v) is 11.1. The van der Waals surface area contributed by atoms with E-state index in [9.17, 15) is 0 Å². The molecule has 0 fully saturated rings. The maximum atomic E-state index is 5.28. The molecule has 55 heavy (non-hydrogen) atoms. The van der Waals surface area contributed by atoms with Crippen LogP contribution in [0.2, 0.25) is 0 Å². The Morgan fingerprint density at radius 2 is 0.945 bits per heavy atom. The molecule has 2 heterocycles. The Bertz CT molecular complexity index is 3070. The van der Waals surface area contributed by atoms with Crippen LogP contribution in [0.25, 0.3) is 100 Å². The Labute approximate surface area is 318 Å². The summed E-state index contributed by atoms with van der Waals surface area (Å²) in [4.78, 5) is 15.6. The molecular formula is C51H34N4. The number of rotatable bonds is 5. The molecule has 0 saturated carbocycles. The summed E-state index contributed by atoms with van der Waals surface area (Å²) >= 11 is 0. The molecule has 0 amide bonds. The number of hydrogen-bond donors (Lipinski definition) is 0. The molecule has 4 nitrogen and oxygen atoms in total. The molecule has 0 aliphatic heterocycles. The van der Waals surface area contributed by atoms with Gasteiger partial charge in [0.2, 0.25) is 0 Å². The van der Waals surface area contributed by atoms with E-state index in [2.05, 4.69) is 150 Å². The van der Waals surface area contributed by atoms with E-state index in [0.717, 1.165) is 57.1 Å². The third kappa shape index (κ3) is 5.10. The number of fused-ring (bicyclic) bond motifs is 8. The minimum Gasteiger partial charge on any atom is -0.312 e. The summed E-state index contributed by atoms with van der Waals surface area (Å²) < 4.78 is 2.50. The maximum Gasteiger partial charge on any atom is 0.165 e.